The van der Waals surface area contributed by atoms with Gasteiger partial charge in [0, 0.05) is 12.6 Å². The van der Waals surface area contributed by atoms with Crippen molar-refractivity contribution in [2.24, 2.45) is 0 Å². The standard InChI is InChI=1S/C20H22N2O5/c1-13-8-7-9-14(2)17(13)26-12-16(23)27-18(15-10-5-4-6-11-15)19(24)22-20(25)21-3/h4-11,18H,12H2,1-3H3,(H2,21,22,24,25)/t18-/m0/s1. The summed E-state index contributed by atoms with van der Waals surface area (Å²) in [6.45, 7) is 3.39. The van der Waals surface area contributed by atoms with E-state index in [9.17, 15) is 14.4 Å². The molecule has 2 aromatic carbocycles. The Hall–Kier alpha value is -3.35. The van der Waals surface area contributed by atoms with Crippen LogP contribution in [0.25, 0.3) is 0 Å². The summed E-state index contributed by atoms with van der Waals surface area (Å²) < 4.78 is 10.9. The highest BCUT2D eigenvalue weighted by atomic mass is 16.6. The number of para-hydroxylation sites is 1. The van der Waals surface area contributed by atoms with Crippen LogP contribution in [-0.2, 0) is 14.3 Å². The first-order valence-electron chi connectivity index (χ1n) is 8.38. The number of imide groups is 1. The highest BCUT2D eigenvalue weighted by Gasteiger charge is 2.26. The number of amides is 3. The molecule has 142 valence electrons. The van der Waals surface area contributed by atoms with Crippen LogP contribution in [0.2, 0.25) is 0 Å². The fraction of sp³-hybridized carbons (Fsp3) is 0.250. The van der Waals surface area contributed by atoms with Gasteiger partial charge < -0.3 is 14.8 Å². The molecule has 27 heavy (non-hydrogen) atoms. The van der Waals surface area contributed by atoms with Gasteiger partial charge in [-0.05, 0) is 25.0 Å². The third-order valence-corrected chi connectivity index (χ3v) is 3.80. The molecule has 2 N–H and O–H groups in total. The number of carbonyl (C=O) groups is 3. The van der Waals surface area contributed by atoms with Crippen LogP contribution < -0.4 is 15.4 Å². The van der Waals surface area contributed by atoms with Gasteiger partial charge in [0.2, 0.25) is 6.10 Å². The summed E-state index contributed by atoms with van der Waals surface area (Å²) in [5.74, 6) is -0.875. The number of esters is 1. The number of urea groups is 1. The zero-order valence-corrected chi connectivity index (χ0v) is 15.4. The van der Waals surface area contributed by atoms with E-state index in [-0.39, 0.29) is 6.61 Å². The zero-order valence-electron chi connectivity index (χ0n) is 15.4. The first-order chi connectivity index (χ1) is 12.9. The summed E-state index contributed by atoms with van der Waals surface area (Å²) in [6, 6.07) is 13.4. The van der Waals surface area contributed by atoms with Crippen molar-refractivity contribution in [1.82, 2.24) is 10.6 Å². The molecular weight excluding hydrogens is 348 g/mol. The number of carbonyl (C=O) groups excluding carboxylic acids is 3. The van der Waals surface area contributed by atoms with Gasteiger partial charge in [-0.3, -0.25) is 10.1 Å². The van der Waals surface area contributed by atoms with Gasteiger partial charge in [-0.15, -0.1) is 0 Å². The molecule has 1 atom stereocenters. The Morgan fingerprint density at radius 1 is 0.963 bits per heavy atom. The Labute approximate surface area is 157 Å². The van der Waals surface area contributed by atoms with E-state index in [1.807, 2.05) is 32.0 Å². The summed E-state index contributed by atoms with van der Waals surface area (Å²) in [7, 11) is 1.38. The topological polar surface area (TPSA) is 93.7 Å². The minimum atomic E-state index is -1.27. The number of hydrogen-bond acceptors (Lipinski definition) is 5. The lowest BCUT2D eigenvalue weighted by Gasteiger charge is -2.18. The van der Waals surface area contributed by atoms with Gasteiger partial charge in [0.1, 0.15) is 5.75 Å². The second-order valence-corrected chi connectivity index (χ2v) is 5.86. The van der Waals surface area contributed by atoms with Gasteiger partial charge in [0.15, 0.2) is 6.61 Å². The van der Waals surface area contributed by atoms with Crippen molar-refractivity contribution >= 4 is 17.9 Å². The van der Waals surface area contributed by atoms with Gasteiger partial charge in [-0.2, -0.15) is 0 Å². The van der Waals surface area contributed by atoms with Crippen LogP contribution in [0.5, 0.6) is 5.75 Å². The predicted molar refractivity (Wildman–Crippen MR) is 99.3 cm³/mol. The van der Waals surface area contributed by atoms with Crippen LogP contribution in [0.15, 0.2) is 48.5 Å². The summed E-state index contributed by atoms with van der Waals surface area (Å²) in [5.41, 5.74) is 2.22. The molecule has 0 aromatic heterocycles. The molecule has 0 saturated carbocycles. The fourth-order valence-corrected chi connectivity index (χ4v) is 2.46. The quantitative estimate of drug-likeness (QED) is 0.762. The van der Waals surface area contributed by atoms with Gasteiger partial charge in [-0.1, -0.05) is 48.5 Å². The second-order valence-electron chi connectivity index (χ2n) is 5.86. The molecule has 0 fully saturated rings. The van der Waals surface area contributed by atoms with Crippen molar-refractivity contribution in [1.29, 1.82) is 0 Å². The van der Waals surface area contributed by atoms with E-state index in [0.717, 1.165) is 11.1 Å². The van der Waals surface area contributed by atoms with Crippen LogP contribution in [0.4, 0.5) is 4.79 Å². The molecule has 0 aliphatic rings. The maximum Gasteiger partial charge on any atom is 0.345 e. The molecular formula is C20H22N2O5. The third-order valence-electron chi connectivity index (χ3n) is 3.80. The van der Waals surface area contributed by atoms with Crippen LogP contribution in [0.3, 0.4) is 0 Å². The van der Waals surface area contributed by atoms with E-state index in [1.165, 1.54) is 7.05 Å². The monoisotopic (exact) mass is 370 g/mol. The van der Waals surface area contributed by atoms with Gasteiger partial charge in [-0.25, -0.2) is 9.59 Å². The third kappa shape index (κ3) is 5.57. The average molecular weight is 370 g/mol. The molecule has 0 radical (unpaired) electrons. The summed E-state index contributed by atoms with van der Waals surface area (Å²) >= 11 is 0. The Bertz CT molecular complexity index is 800. The lowest BCUT2D eigenvalue weighted by atomic mass is 10.1. The number of aryl methyl sites for hydroxylation is 2. The van der Waals surface area contributed by atoms with Crippen LogP contribution >= 0.6 is 0 Å². The SMILES string of the molecule is CNC(=O)NC(=O)[C@@H](OC(=O)COc1c(C)cccc1C)c1ccccc1. The molecule has 0 bridgehead atoms. The van der Waals surface area contributed by atoms with E-state index in [1.54, 1.807) is 30.3 Å². The van der Waals surface area contributed by atoms with Crippen LogP contribution in [-0.4, -0.2) is 31.6 Å². The number of ether oxygens (including phenoxy) is 2. The zero-order chi connectivity index (χ0) is 19.8. The van der Waals surface area contributed by atoms with Crippen molar-refractivity contribution in [2.75, 3.05) is 13.7 Å². The normalized spacial score (nSPS) is 11.2. The van der Waals surface area contributed by atoms with Crippen molar-refractivity contribution in [3.8, 4) is 5.75 Å². The molecule has 0 aliphatic heterocycles. The van der Waals surface area contributed by atoms with Crippen molar-refractivity contribution in [2.45, 2.75) is 20.0 Å². The first kappa shape index (κ1) is 20.0. The molecule has 7 heteroatoms. The Balaban J connectivity index is 2.09. The largest absolute Gasteiger partial charge is 0.481 e. The Morgan fingerprint density at radius 3 is 2.19 bits per heavy atom. The minimum absolute atomic E-state index is 0.359. The van der Waals surface area contributed by atoms with Gasteiger partial charge in [0.05, 0.1) is 0 Å². The van der Waals surface area contributed by atoms with E-state index in [2.05, 4.69) is 10.6 Å². The predicted octanol–water partition coefficient (Wildman–Crippen LogP) is 2.42. The minimum Gasteiger partial charge on any atom is -0.481 e. The maximum atomic E-state index is 12.3. The van der Waals surface area contributed by atoms with Crippen molar-refractivity contribution in [3.05, 3.63) is 65.2 Å². The molecule has 3 amide bonds. The molecule has 2 aromatic rings. The molecule has 0 unspecified atom stereocenters. The first-order valence-corrected chi connectivity index (χ1v) is 8.38. The Morgan fingerprint density at radius 2 is 1.59 bits per heavy atom. The lowest BCUT2D eigenvalue weighted by molar-refractivity contribution is -0.158. The maximum absolute atomic E-state index is 12.3. The van der Waals surface area contributed by atoms with Gasteiger partial charge >= 0.3 is 12.0 Å². The molecule has 7 nitrogen and oxygen atoms in total. The molecule has 0 heterocycles. The highest BCUT2D eigenvalue weighted by molar-refractivity contribution is 5.97. The Kier molecular flexibility index (Phi) is 6.93. The number of hydrogen-bond donors (Lipinski definition) is 2. The van der Waals surface area contributed by atoms with Gasteiger partial charge in [0.25, 0.3) is 5.91 Å². The molecule has 0 saturated heterocycles. The molecule has 2 rings (SSSR count). The van der Waals surface area contributed by atoms with Crippen LogP contribution in [0, 0.1) is 13.8 Å². The summed E-state index contributed by atoms with van der Waals surface area (Å²) in [5, 5.41) is 4.40. The smallest absolute Gasteiger partial charge is 0.345 e. The van der Waals surface area contributed by atoms with Crippen LogP contribution in [0.1, 0.15) is 22.8 Å². The van der Waals surface area contributed by atoms with E-state index >= 15 is 0 Å². The summed E-state index contributed by atoms with van der Waals surface area (Å²) in [6.07, 6.45) is -1.27. The molecule has 0 spiro atoms. The van der Waals surface area contributed by atoms with Crippen molar-refractivity contribution in [3.63, 3.8) is 0 Å². The second kappa shape index (κ2) is 9.38. The molecule has 0 aliphatic carbocycles. The average Bonchev–Trinajstić information content (AvgIpc) is 2.66. The van der Waals surface area contributed by atoms with E-state index < -0.39 is 24.0 Å². The number of rotatable bonds is 6. The summed E-state index contributed by atoms with van der Waals surface area (Å²) in [4.78, 5) is 36.0. The fourth-order valence-electron chi connectivity index (χ4n) is 2.46. The van der Waals surface area contributed by atoms with E-state index in [0.29, 0.717) is 11.3 Å². The number of benzene rings is 2. The number of nitrogens with one attached hydrogen (secondary N) is 2. The highest BCUT2D eigenvalue weighted by Crippen LogP contribution is 2.23. The van der Waals surface area contributed by atoms with E-state index in [4.69, 9.17) is 9.47 Å². The lowest BCUT2D eigenvalue weighted by Crippen LogP contribution is -2.41. The van der Waals surface area contributed by atoms with Crippen molar-refractivity contribution < 1.29 is 23.9 Å².